The van der Waals surface area contributed by atoms with Gasteiger partial charge in [0.1, 0.15) is 0 Å². The topological polar surface area (TPSA) is 101 Å². The lowest BCUT2D eigenvalue weighted by molar-refractivity contribution is 0.0959. The van der Waals surface area contributed by atoms with Gasteiger partial charge in [0.05, 0.1) is 12.1 Å². The minimum absolute atomic E-state index is 0.000407. The molecule has 0 aliphatic rings. The molecule has 0 fully saturated rings. The number of aromatic nitrogens is 1. The number of carbonyl (C=O) groups is 1. The van der Waals surface area contributed by atoms with Crippen molar-refractivity contribution in [2.24, 2.45) is 10.9 Å². The number of pyridine rings is 1. The summed E-state index contributed by atoms with van der Waals surface area (Å²) in [5.74, 6) is -0.335. The maximum absolute atomic E-state index is 11.8. The second-order valence-corrected chi connectivity index (χ2v) is 3.68. The van der Waals surface area contributed by atoms with Crippen LogP contribution in [0.2, 0.25) is 0 Å². The number of nitrogens with one attached hydrogen (secondary N) is 1. The fourth-order valence-electron chi connectivity index (χ4n) is 1.53. The number of amides is 1. The molecule has 0 saturated heterocycles. The molecule has 1 amide bonds. The molecule has 1 aromatic carbocycles. The van der Waals surface area contributed by atoms with Gasteiger partial charge in [-0.05, 0) is 24.3 Å². The maximum atomic E-state index is 11.8. The van der Waals surface area contributed by atoms with Crippen LogP contribution in [0.15, 0.2) is 41.7 Å². The van der Waals surface area contributed by atoms with Crippen molar-refractivity contribution >= 4 is 22.6 Å². The molecule has 1 aromatic heterocycles. The lowest BCUT2D eigenvalue weighted by Crippen LogP contribution is -2.33. The lowest BCUT2D eigenvalue weighted by Gasteiger charge is -2.05. The molecule has 0 aliphatic heterocycles. The number of carbonyl (C=O) groups excluding carboxylic acids is 1. The molecule has 18 heavy (non-hydrogen) atoms. The van der Waals surface area contributed by atoms with Crippen LogP contribution in [0.5, 0.6) is 0 Å². The van der Waals surface area contributed by atoms with E-state index in [2.05, 4.69) is 15.5 Å². The van der Waals surface area contributed by atoms with Gasteiger partial charge in [0.2, 0.25) is 0 Å². The van der Waals surface area contributed by atoms with Crippen molar-refractivity contribution < 1.29 is 10.0 Å². The quantitative estimate of drug-likeness (QED) is 0.320. The lowest BCUT2D eigenvalue weighted by atomic mass is 10.1. The van der Waals surface area contributed by atoms with E-state index in [-0.39, 0.29) is 18.3 Å². The summed E-state index contributed by atoms with van der Waals surface area (Å²) in [6.45, 7) is 0.000407. The van der Waals surface area contributed by atoms with E-state index < -0.39 is 0 Å². The second kappa shape index (κ2) is 5.13. The van der Waals surface area contributed by atoms with Crippen LogP contribution in [0.3, 0.4) is 0 Å². The zero-order chi connectivity index (χ0) is 13.0. The monoisotopic (exact) mass is 244 g/mol. The van der Waals surface area contributed by atoms with E-state index >= 15 is 0 Å². The summed E-state index contributed by atoms with van der Waals surface area (Å²) < 4.78 is 0. The number of hydrogen-bond acceptors (Lipinski definition) is 4. The molecule has 0 radical (unpaired) electrons. The van der Waals surface area contributed by atoms with Gasteiger partial charge in [-0.1, -0.05) is 11.2 Å². The van der Waals surface area contributed by atoms with Crippen LogP contribution < -0.4 is 11.1 Å². The molecule has 0 spiro atoms. The first kappa shape index (κ1) is 11.8. The smallest absolute Gasteiger partial charge is 0.251 e. The number of fused-ring (bicyclic) bond motifs is 1. The predicted octanol–water partition coefficient (Wildman–Crippen LogP) is 0.711. The van der Waals surface area contributed by atoms with Gasteiger partial charge in [-0.15, -0.1) is 0 Å². The van der Waals surface area contributed by atoms with Crippen molar-refractivity contribution in [2.75, 3.05) is 6.54 Å². The third-order valence-electron chi connectivity index (χ3n) is 2.42. The number of rotatable bonds is 3. The molecule has 2 aromatic rings. The van der Waals surface area contributed by atoms with Crippen LogP contribution in [-0.2, 0) is 0 Å². The third kappa shape index (κ3) is 2.54. The van der Waals surface area contributed by atoms with Crippen LogP contribution in [0.25, 0.3) is 10.9 Å². The van der Waals surface area contributed by atoms with Crippen molar-refractivity contribution in [1.82, 2.24) is 10.3 Å². The minimum atomic E-state index is -0.285. The highest BCUT2D eigenvalue weighted by molar-refractivity contribution is 5.99. The maximum Gasteiger partial charge on any atom is 0.251 e. The van der Waals surface area contributed by atoms with Crippen LogP contribution in [0, 0.1) is 0 Å². The second-order valence-electron chi connectivity index (χ2n) is 3.68. The first-order valence-corrected chi connectivity index (χ1v) is 5.30. The van der Waals surface area contributed by atoms with Crippen LogP contribution in [-0.4, -0.2) is 28.5 Å². The Morgan fingerprint density at radius 3 is 3.06 bits per heavy atom. The molecule has 0 unspecified atom stereocenters. The van der Waals surface area contributed by atoms with Crippen molar-refractivity contribution in [3.05, 3.63) is 42.1 Å². The molecular weight excluding hydrogens is 232 g/mol. The van der Waals surface area contributed by atoms with E-state index in [1.807, 2.05) is 6.07 Å². The fraction of sp³-hybridized carbons (Fsp3) is 0.0833. The summed E-state index contributed by atoms with van der Waals surface area (Å²) >= 11 is 0. The van der Waals surface area contributed by atoms with Gasteiger partial charge in [-0.2, -0.15) is 0 Å². The zero-order valence-electron chi connectivity index (χ0n) is 9.50. The molecule has 92 valence electrons. The number of hydrogen-bond donors (Lipinski definition) is 3. The summed E-state index contributed by atoms with van der Waals surface area (Å²) in [7, 11) is 0. The van der Waals surface area contributed by atoms with Crippen LogP contribution in [0.1, 0.15) is 10.4 Å². The third-order valence-corrected chi connectivity index (χ3v) is 2.42. The van der Waals surface area contributed by atoms with Crippen molar-refractivity contribution in [2.45, 2.75) is 0 Å². The number of nitrogens with zero attached hydrogens (tertiary/aromatic N) is 2. The van der Waals surface area contributed by atoms with Gasteiger partial charge >= 0.3 is 0 Å². The Labute approximate surface area is 103 Å². The Morgan fingerprint density at radius 1 is 1.44 bits per heavy atom. The van der Waals surface area contributed by atoms with E-state index in [0.717, 1.165) is 10.9 Å². The van der Waals surface area contributed by atoms with Crippen LogP contribution >= 0.6 is 0 Å². The summed E-state index contributed by atoms with van der Waals surface area (Å²) in [6.07, 6.45) is 1.69. The van der Waals surface area contributed by atoms with Gasteiger partial charge < -0.3 is 16.3 Å². The molecule has 2 rings (SSSR count). The van der Waals surface area contributed by atoms with Gasteiger partial charge in [0.15, 0.2) is 5.84 Å². The number of benzene rings is 1. The highest BCUT2D eigenvalue weighted by Gasteiger charge is 2.06. The molecule has 0 aliphatic carbocycles. The van der Waals surface area contributed by atoms with E-state index in [1.165, 1.54) is 0 Å². The Kier molecular flexibility index (Phi) is 3.38. The summed E-state index contributed by atoms with van der Waals surface area (Å²) in [6, 6.07) is 8.87. The first-order chi connectivity index (χ1) is 8.70. The van der Waals surface area contributed by atoms with E-state index in [9.17, 15) is 4.79 Å². The van der Waals surface area contributed by atoms with Crippen molar-refractivity contribution in [3.63, 3.8) is 0 Å². The Bertz CT molecular complexity index is 610. The first-order valence-electron chi connectivity index (χ1n) is 5.30. The standard InChI is InChI=1S/C12H12N4O2/c13-11(16-18)7-15-12(17)9-3-4-10-8(6-9)2-1-5-14-10/h1-6,18H,7H2,(H2,13,16)(H,15,17). The van der Waals surface area contributed by atoms with Gasteiger partial charge in [0, 0.05) is 17.1 Å². The Balaban J connectivity index is 2.18. The highest BCUT2D eigenvalue weighted by atomic mass is 16.4. The summed E-state index contributed by atoms with van der Waals surface area (Å²) in [5.41, 5.74) is 6.59. The molecule has 6 heteroatoms. The minimum Gasteiger partial charge on any atom is -0.409 e. The number of oxime groups is 1. The highest BCUT2D eigenvalue weighted by Crippen LogP contribution is 2.12. The molecule has 1 heterocycles. The number of amidine groups is 1. The molecule has 0 atom stereocenters. The largest absolute Gasteiger partial charge is 0.409 e. The van der Waals surface area contributed by atoms with Gasteiger partial charge in [-0.3, -0.25) is 9.78 Å². The molecule has 4 N–H and O–H groups in total. The average molecular weight is 244 g/mol. The zero-order valence-corrected chi connectivity index (χ0v) is 9.50. The average Bonchev–Trinajstić information content (AvgIpc) is 2.43. The Hall–Kier alpha value is -2.63. The van der Waals surface area contributed by atoms with Crippen molar-refractivity contribution in [1.29, 1.82) is 0 Å². The van der Waals surface area contributed by atoms with Gasteiger partial charge in [-0.25, -0.2) is 0 Å². The predicted molar refractivity (Wildman–Crippen MR) is 67.5 cm³/mol. The number of nitrogens with two attached hydrogens (primary N) is 1. The summed E-state index contributed by atoms with van der Waals surface area (Å²) in [5, 5.41) is 14.6. The van der Waals surface area contributed by atoms with E-state index in [1.54, 1.807) is 30.5 Å². The molecular formula is C12H12N4O2. The molecule has 6 nitrogen and oxygen atoms in total. The van der Waals surface area contributed by atoms with Gasteiger partial charge in [0.25, 0.3) is 5.91 Å². The molecule has 0 saturated carbocycles. The van der Waals surface area contributed by atoms with Crippen LogP contribution in [0.4, 0.5) is 0 Å². The fourth-order valence-corrected chi connectivity index (χ4v) is 1.53. The molecule has 0 bridgehead atoms. The van der Waals surface area contributed by atoms with E-state index in [4.69, 9.17) is 10.9 Å². The SMILES string of the molecule is NC(CNC(=O)c1ccc2ncccc2c1)=NO. The normalized spacial score (nSPS) is 11.4. The summed E-state index contributed by atoms with van der Waals surface area (Å²) in [4.78, 5) is 16.0. The van der Waals surface area contributed by atoms with Crippen molar-refractivity contribution in [3.8, 4) is 0 Å². The Morgan fingerprint density at radius 2 is 2.28 bits per heavy atom. The van der Waals surface area contributed by atoms with E-state index in [0.29, 0.717) is 5.56 Å².